The van der Waals surface area contributed by atoms with E-state index in [1.807, 2.05) is 0 Å². The third-order valence-electron chi connectivity index (χ3n) is 4.77. The lowest BCUT2D eigenvalue weighted by Gasteiger charge is -2.43. The van der Waals surface area contributed by atoms with Crippen LogP contribution in [-0.2, 0) is 28.3 Å². The summed E-state index contributed by atoms with van der Waals surface area (Å²) < 4.78 is 25.8. The normalized spacial score (nSPS) is 16.0. The molecule has 0 N–H and O–H groups in total. The first kappa shape index (κ1) is 30.2. The summed E-state index contributed by atoms with van der Waals surface area (Å²) in [7, 11) is -8.67. The molecule has 0 aromatic heterocycles. The third-order valence-corrected chi connectivity index (χ3v) is 19.1. The molecule has 1 rings (SSSR count). The first-order chi connectivity index (χ1) is 15.0. The maximum atomic E-state index is 11.7. The van der Waals surface area contributed by atoms with Gasteiger partial charge < -0.3 is 17.1 Å². The van der Waals surface area contributed by atoms with Crippen LogP contribution in [0, 0.1) is 0 Å². The number of carbonyl (C=O) groups is 1. The number of hydrogen-bond donors (Lipinski definition) is 0. The van der Waals surface area contributed by atoms with Gasteiger partial charge in [0.2, 0.25) is 0 Å². The minimum absolute atomic E-state index is 0.340. The Balaban J connectivity index is 2.94. The van der Waals surface area contributed by atoms with Crippen molar-refractivity contribution in [1.29, 1.82) is 0 Å². The highest BCUT2D eigenvalue weighted by Gasteiger charge is 2.46. The minimum atomic E-state index is -2.54. The van der Waals surface area contributed by atoms with Crippen molar-refractivity contribution in [2.75, 3.05) is 6.61 Å². The predicted octanol–water partition coefficient (Wildman–Crippen LogP) is 6.99. The lowest BCUT2D eigenvalue weighted by Crippen LogP contribution is -2.58. The second kappa shape index (κ2) is 12.8. The highest BCUT2D eigenvalue weighted by molar-refractivity contribution is 6.89. The number of ether oxygens (including phenoxy) is 1. The molecular formula is C24H46O5Si4. The van der Waals surface area contributed by atoms with Gasteiger partial charge >= 0.3 is 23.1 Å². The van der Waals surface area contributed by atoms with Crippen LogP contribution in [0.15, 0.2) is 42.5 Å². The van der Waals surface area contributed by atoms with Crippen molar-refractivity contribution < 1.29 is 21.9 Å². The van der Waals surface area contributed by atoms with Crippen molar-refractivity contribution in [2.24, 2.45) is 0 Å². The Morgan fingerprint density at radius 3 is 1.73 bits per heavy atom. The van der Waals surface area contributed by atoms with Crippen LogP contribution in [0.2, 0.25) is 64.5 Å². The summed E-state index contributed by atoms with van der Waals surface area (Å²) in [5, 5.41) is 0. The fraction of sp³-hybridized carbons (Fsp3) is 0.625. The van der Waals surface area contributed by atoms with Gasteiger partial charge in [0, 0.05) is 5.57 Å². The van der Waals surface area contributed by atoms with Crippen LogP contribution in [-0.4, -0.2) is 46.3 Å². The molecule has 0 fully saturated rings. The molecule has 2 unspecified atom stereocenters. The van der Waals surface area contributed by atoms with Crippen molar-refractivity contribution >= 4 is 39.7 Å². The summed E-state index contributed by atoms with van der Waals surface area (Å²) >= 11 is 0. The summed E-state index contributed by atoms with van der Waals surface area (Å²) in [6, 6.07) is 12.3. The summed E-state index contributed by atoms with van der Waals surface area (Å²) in [6.45, 7) is 23.4. The zero-order valence-corrected chi connectivity index (χ0v) is 26.4. The van der Waals surface area contributed by atoms with Gasteiger partial charge in [0.25, 0.3) is 0 Å². The van der Waals surface area contributed by atoms with E-state index in [4.69, 9.17) is 17.1 Å². The predicted molar refractivity (Wildman–Crippen MR) is 148 cm³/mol. The van der Waals surface area contributed by atoms with Crippen molar-refractivity contribution in [2.45, 2.75) is 90.7 Å². The van der Waals surface area contributed by atoms with Gasteiger partial charge in [-0.1, -0.05) is 36.9 Å². The Morgan fingerprint density at radius 2 is 1.27 bits per heavy atom. The van der Waals surface area contributed by atoms with Crippen LogP contribution in [0.25, 0.3) is 0 Å². The fourth-order valence-electron chi connectivity index (χ4n) is 3.94. The van der Waals surface area contributed by atoms with Crippen LogP contribution < -0.4 is 0 Å². The van der Waals surface area contributed by atoms with E-state index in [9.17, 15) is 4.79 Å². The molecular weight excluding hydrogens is 481 g/mol. The van der Waals surface area contributed by atoms with E-state index in [2.05, 4.69) is 89.3 Å². The molecule has 5 nitrogen and oxygen atoms in total. The third kappa shape index (κ3) is 13.6. The van der Waals surface area contributed by atoms with E-state index >= 15 is 0 Å². The van der Waals surface area contributed by atoms with E-state index < -0.39 is 33.8 Å². The van der Waals surface area contributed by atoms with E-state index in [1.54, 1.807) is 6.92 Å². The molecule has 33 heavy (non-hydrogen) atoms. The van der Waals surface area contributed by atoms with Crippen LogP contribution in [0.3, 0.4) is 0 Å². The fourth-order valence-corrected chi connectivity index (χ4v) is 22.3. The standard InChI is InChI=1S/C24H46O5Si4/c1-22(2)24(25)26-19-15-21-33(10,28-31(6,7)8)29-32(9,27-30(3,4)5)20-14-18-23-16-12-11-13-17-23/h11-13,16-17H,1,14-15,18-21H2,2-10H3. The molecule has 0 aliphatic rings. The Kier molecular flexibility index (Phi) is 11.7. The molecule has 0 spiro atoms. The second-order valence-electron chi connectivity index (χ2n) is 11.2. The van der Waals surface area contributed by atoms with E-state index in [1.165, 1.54) is 5.56 Å². The van der Waals surface area contributed by atoms with Gasteiger partial charge in [0.15, 0.2) is 16.6 Å². The molecule has 0 saturated carbocycles. The van der Waals surface area contributed by atoms with E-state index in [0.29, 0.717) is 18.6 Å². The Bertz CT molecular complexity index is 760. The Hall–Kier alpha value is -0.822. The molecule has 9 heteroatoms. The van der Waals surface area contributed by atoms with Crippen molar-refractivity contribution in [3.8, 4) is 0 Å². The largest absolute Gasteiger partial charge is 0.462 e. The van der Waals surface area contributed by atoms with Gasteiger partial charge in [-0.2, -0.15) is 0 Å². The SMILES string of the molecule is C=C(C)C(=O)OCCC[Si](C)(O[Si](C)(C)C)O[Si](C)(CCCc1ccccc1)O[Si](C)(C)C. The van der Waals surface area contributed by atoms with Crippen LogP contribution in [0.4, 0.5) is 0 Å². The molecule has 0 saturated heterocycles. The monoisotopic (exact) mass is 526 g/mol. The number of carbonyl (C=O) groups excluding carboxylic acids is 1. The maximum absolute atomic E-state index is 11.7. The molecule has 188 valence electrons. The summed E-state index contributed by atoms with van der Waals surface area (Å²) in [5.74, 6) is -0.340. The smallest absolute Gasteiger partial charge is 0.333 e. The second-order valence-corrected chi connectivity index (χ2v) is 27.6. The highest BCUT2D eigenvalue weighted by atomic mass is 28.5. The van der Waals surface area contributed by atoms with E-state index in [-0.39, 0.29) is 5.97 Å². The zero-order chi connectivity index (χ0) is 25.3. The van der Waals surface area contributed by atoms with Crippen LogP contribution in [0.1, 0.15) is 25.3 Å². The molecule has 0 bridgehead atoms. The number of rotatable bonds is 15. The number of aryl methyl sites for hydroxylation is 1. The first-order valence-corrected chi connectivity index (χ1v) is 23.9. The number of hydrogen-bond acceptors (Lipinski definition) is 5. The first-order valence-electron chi connectivity index (χ1n) is 12.0. The van der Waals surface area contributed by atoms with Gasteiger partial charge in [-0.05, 0) is 96.2 Å². The summed E-state index contributed by atoms with van der Waals surface area (Å²) in [4.78, 5) is 11.7. The molecule has 0 heterocycles. The van der Waals surface area contributed by atoms with Crippen LogP contribution in [0.5, 0.6) is 0 Å². The van der Waals surface area contributed by atoms with E-state index in [0.717, 1.165) is 24.9 Å². The molecule has 0 aliphatic carbocycles. The average molecular weight is 527 g/mol. The Labute approximate surface area is 206 Å². The van der Waals surface area contributed by atoms with Gasteiger partial charge in [-0.25, -0.2) is 4.79 Å². The molecule has 0 aliphatic heterocycles. The minimum Gasteiger partial charge on any atom is -0.462 e. The average Bonchev–Trinajstić information content (AvgIpc) is 2.62. The molecule has 1 aromatic carbocycles. The van der Waals surface area contributed by atoms with Crippen LogP contribution >= 0.6 is 0 Å². The topological polar surface area (TPSA) is 54.0 Å². The molecule has 0 radical (unpaired) electrons. The van der Waals surface area contributed by atoms with Crippen molar-refractivity contribution in [3.05, 3.63) is 48.0 Å². The molecule has 1 aromatic rings. The highest BCUT2D eigenvalue weighted by Crippen LogP contribution is 2.31. The van der Waals surface area contributed by atoms with Gasteiger partial charge in [-0.15, -0.1) is 0 Å². The lowest BCUT2D eigenvalue weighted by molar-refractivity contribution is -0.138. The Morgan fingerprint density at radius 1 is 0.788 bits per heavy atom. The van der Waals surface area contributed by atoms with Crippen molar-refractivity contribution in [3.63, 3.8) is 0 Å². The quantitative estimate of drug-likeness (QED) is 0.107. The maximum Gasteiger partial charge on any atom is 0.333 e. The van der Waals surface area contributed by atoms with Crippen molar-refractivity contribution in [1.82, 2.24) is 0 Å². The summed E-state index contributed by atoms with van der Waals surface area (Å²) in [6.07, 6.45) is 2.77. The number of benzene rings is 1. The van der Waals surface area contributed by atoms with Gasteiger partial charge in [0.1, 0.15) is 0 Å². The van der Waals surface area contributed by atoms with Gasteiger partial charge in [-0.3, -0.25) is 0 Å². The summed E-state index contributed by atoms with van der Waals surface area (Å²) in [5.41, 5.74) is 1.77. The zero-order valence-electron chi connectivity index (χ0n) is 22.4. The van der Waals surface area contributed by atoms with Gasteiger partial charge in [0.05, 0.1) is 6.61 Å². The molecule has 2 atom stereocenters. The molecule has 0 amide bonds. The lowest BCUT2D eigenvalue weighted by atomic mass is 10.1. The number of esters is 1.